The number of hydrogen-bond donors (Lipinski definition) is 0. The molecule has 1 heterocycles. The van der Waals surface area contributed by atoms with Gasteiger partial charge in [0.2, 0.25) is 0 Å². The zero-order valence-electron chi connectivity index (χ0n) is 7.51. The SMILES string of the molecule is CCOc1c(Br)ccc2scc(F)c12. The number of fused-ring (bicyclic) bond motifs is 1. The quantitative estimate of drug-likeness (QED) is 0.798. The monoisotopic (exact) mass is 274 g/mol. The molecule has 14 heavy (non-hydrogen) atoms. The topological polar surface area (TPSA) is 9.23 Å². The molecule has 0 N–H and O–H groups in total. The van der Waals surface area contributed by atoms with Crippen molar-refractivity contribution in [2.75, 3.05) is 6.61 Å². The Balaban J connectivity index is 2.73. The summed E-state index contributed by atoms with van der Waals surface area (Å²) in [7, 11) is 0. The zero-order valence-corrected chi connectivity index (χ0v) is 9.91. The standard InChI is InChI=1S/C10H8BrFOS/c1-2-13-10-6(11)3-4-8-9(10)7(12)5-14-8/h3-5H,2H2,1H3. The third-order valence-electron chi connectivity index (χ3n) is 1.89. The largest absolute Gasteiger partial charge is 0.492 e. The molecule has 4 heteroatoms. The highest BCUT2D eigenvalue weighted by atomic mass is 79.9. The maximum Gasteiger partial charge on any atom is 0.145 e. The third kappa shape index (κ3) is 1.53. The fourth-order valence-corrected chi connectivity index (χ4v) is 2.57. The van der Waals surface area contributed by atoms with E-state index < -0.39 is 0 Å². The summed E-state index contributed by atoms with van der Waals surface area (Å²) in [6, 6.07) is 3.76. The molecule has 0 unspecified atom stereocenters. The molecular weight excluding hydrogens is 267 g/mol. The molecule has 1 nitrogen and oxygen atoms in total. The molecule has 0 aliphatic rings. The first-order valence-electron chi connectivity index (χ1n) is 4.22. The predicted molar refractivity (Wildman–Crippen MR) is 60.7 cm³/mol. The smallest absolute Gasteiger partial charge is 0.145 e. The van der Waals surface area contributed by atoms with Gasteiger partial charge >= 0.3 is 0 Å². The Morgan fingerprint density at radius 3 is 3.00 bits per heavy atom. The van der Waals surface area contributed by atoms with Crippen molar-refractivity contribution in [3.05, 3.63) is 27.8 Å². The Bertz CT molecular complexity index is 466. The van der Waals surface area contributed by atoms with Crippen LogP contribution in [0.2, 0.25) is 0 Å². The highest BCUT2D eigenvalue weighted by Gasteiger charge is 2.12. The lowest BCUT2D eigenvalue weighted by Crippen LogP contribution is -1.93. The Labute approximate surface area is 93.6 Å². The van der Waals surface area contributed by atoms with E-state index in [9.17, 15) is 4.39 Å². The molecule has 2 aromatic rings. The lowest BCUT2D eigenvalue weighted by atomic mass is 10.2. The summed E-state index contributed by atoms with van der Waals surface area (Å²) < 4.78 is 20.5. The fraction of sp³-hybridized carbons (Fsp3) is 0.200. The highest BCUT2D eigenvalue weighted by Crippen LogP contribution is 2.38. The average Bonchev–Trinajstić information content (AvgIpc) is 2.53. The van der Waals surface area contributed by atoms with Crippen LogP contribution in [0.15, 0.2) is 22.0 Å². The van der Waals surface area contributed by atoms with E-state index in [1.807, 2.05) is 19.1 Å². The van der Waals surface area contributed by atoms with E-state index >= 15 is 0 Å². The van der Waals surface area contributed by atoms with E-state index in [0.29, 0.717) is 17.7 Å². The maximum absolute atomic E-state index is 13.4. The summed E-state index contributed by atoms with van der Waals surface area (Å²) in [6.45, 7) is 2.42. The minimum absolute atomic E-state index is 0.213. The first-order chi connectivity index (χ1) is 6.74. The van der Waals surface area contributed by atoms with Crippen molar-refractivity contribution in [2.45, 2.75) is 6.92 Å². The molecule has 0 aliphatic heterocycles. The van der Waals surface area contributed by atoms with Crippen LogP contribution in [0.4, 0.5) is 4.39 Å². The van der Waals surface area contributed by atoms with Gasteiger partial charge < -0.3 is 4.74 Å². The summed E-state index contributed by atoms with van der Waals surface area (Å²) >= 11 is 4.74. The van der Waals surface area contributed by atoms with Gasteiger partial charge in [-0.25, -0.2) is 4.39 Å². The van der Waals surface area contributed by atoms with Crippen LogP contribution in [0, 0.1) is 5.82 Å². The van der Waals surface area contributed by atoms with Crippen molar-refractivity contribution in [3.63, 3.8) is 0 Å². The van der Waals surface area contributed by atoms with E-state index in [1.54, 1.807) is 0 Å². The molecule has 0 amide bonds. The fourth-order valence-electron chi connectivity index (χ4n) is 1.32. The van der Waals surface area contributed by atoms with Crippen LogP contribution in [0.25, 0.3) is 10.1 Å². The van der Waals surface area contributed by atoms with Crippen LogP contribution < -0.4 is 4.74 Å². The van der Waals surface area contributed by atoms with Gasteiger partial charge in [0.15, 0.2) is 0 Å². The van der Waals surface area contributed by atoms with Crippen LogP contribution in [0.5, 0.6) is 5.75 Å². The van der Waals surface area contributed by atoms with Crippen LogP contribution in [-0.2, 0) is 0 Å². The second-order valence-electron chi connectivity index (χ2n) is 2.77. The Kier molecular flexibility index (Phi) is 2.74. The Hall–Kier alpha value is -0.610. The molecule has 74 valence electrons. The van der Waals surface area contributed by atoms with Crippen molar-refractivity contribution in [2.24, 2.45) is 0 Å². The van der Waals surface area contributed by atoms with Gasteiger partial charge in [0.1, 0.15) is 11.6 Å². The molecule has 2 rings (SSSR count). The number of ether oxygens (including phenoxy) is 1. The van der Waals surface area contributed by atoms with E-state index in [0.717, 1.165) is 9.17 Å². The van der Waals surface area contributed by atoms with Gasteiger partial charge in [-0.15, -0.1) is 11.3 Å². The van der Waals surface area contributed by atoms with Gasteiger partial charge in [-0.1, -0.05) is 0 Å². The minimum atomic E-state index is -0.213. The number of rotatable bonds is 2. The summed E-state index contributed by atoms with van der Waals surface area (Å²) in [5.74, 6) is 0.388. The minimum Gasteiger partial charge on any atom is -0.492 e. The van der Waals surface area contributed by atoms with Gasteiger partial charge in [0.25, 0.3) is 0 Å². The van der Waals surface area contributed by atoms with Crippen molar-refractivity contribution >= 4 is 37.4 Å². The molecule has 0 bridgehead atoms. The number of thiophene rings is 1. The lowest BCUT2D eigenvalue weighted by molar-refractivity contribution is 0.341. The summed E-state index contributed by atoms with van der Waals surface area (Å²) in [5, 5.41) is 2.07. The van der Waals surface area contributed by atoms with Crippen LogP contribution in [0.1, 0.15) is 6.92 Å². The third-order valence-corrected chi connectivity index (χ3v) is 3.43. The molecule has 0 saturated heterocycles. The van der Waals surface area contributed by atoms with Gasteiger partial charge in [0.05, 0.1) is 16.5 Å². The van der Waals surface area contributed by atoms with Gasteiger partial charge in [-0.3, -0.25) is 0 Å². The second kappa shape index (κ2) is 3.87. The number of benzene rings is 1. The van der Waals surface area contributed by atoms with E-state index in [-0.39, 0.29) is 5.82 Å². The molecule has 1 aromatic carbocycles. The first kappa shape index (κ1) is 9.93. The lowest BCUT2D eigenvalue weighted by Gasteiger charge is -2.06. The van der Waals surface area contributed by atoms with Crippen LogP contribution in [-0.4, -0.2) is 6.61 Å². The molecule has 0 radical (unpaired) electrons. The predicted octanol–water partition coefficient (Wildman–Crippen LogP) is 4.20. The van der Waals surface area contributed by atoms with E-state index in [1.165, 1.54) is 16.7 Å². The van der Waals surface area contributed by atoms with Gasteiger partial charge in [-0.05, 0) is 35.0 Å². The molecule has 0 aliphatic carbocycles. The molecule has 0 saturated carbocycles. The normalized spacial score (nSPS) is 10.8. The van der Waals surface area contributed by atoms with Crippen LogP contribution >= 0.6 is 27.3 Å². The molecule has 0 fully saturated rings. The summed E-state index contributed by atoms with van der Waals surface area (Å²) in [4.78, 5) is 0. The van der Waals surface area contributed by atoms with Gasteiger partial charge in [-0.2, -0.15) is 0 Å². The van der Waals surface area contributed by atoms with E-state index in [4.69, 9.17) is 4.74 Å². The molecule has 0 atom stereocenters. The molecular formula is C10H8BrFOS. The zero-order chi connectivity index (χ0) is 10.1. The Morgan fingerprint density at radius 2 is 2.29 bits per heavy atom. The van der Waals surface area contributed by atoms with E-state index in [2.05, 4.69) is 15.9 Å². The highest BCUT2D eigenvalue weighted by molar-refractivity contribution is 9.10. The summed E-state index contributed by atoms with van der Waals surface area (Å²) in [5.41, 5.74) is 0. The van der Waals surface area contributed by atoms with Crippen molar-refractivity contribution in [1.29, 1.82) is 0 Å². The second-order valence-corrected chi connectivity index (χ2v) is 4.53. The summed E-state index contributed by atoms with van der Waals surface area (Å²) in [6.07, 6.45) is 0. The van der Waals surface area contributed by atoms with Crippen molar-refractivity contribution < 1.29 is 9.13 Å². The number of halogens is 2. The number of hydrogen-bond acceptors (Lipinski definition) is 2. The molecule has 1 aromatic heterocycles. The van der Waals surface area contributed by atoms with Gasteiger partial charge in [0, 0.05) is 10.1 Å². The maximum atomic E-state index is 13.4. The first-order valence-corrected chi connectivity index (χ1v) is 5.89. The van der Waals surface area contributed by atoms with Crippen molar-refractivity contribution in [1.82, 2.24) is 0 Å². The Morgan fingerprint density at radius 1 is 1.50 bits per heavy atom. The average molecular weight is 275 g/mol. The van der Waals surface area contributed by atoms with Crippen LogP contribution in [0.3, 0.4) is 0 Å². The molecule has 0 spiro atoms. The van der Waals surface area contributed by atoms with Crippen molar-refractivity contribution in [3.8, 4) is 5.75 Å².